The van der Waals surface area contributed by atoms with Crippen molar-refractivity contribution in [3.63, 3.8) is 0 Å². The van der Waals surface area contributed by atoms with E-state index in [-0.39, 0.29) is 27.4 Å². The zero-order valence-corrected chi connectivity index (χ0v) is 41.6. The zero-order chi connectivity index (χ0) is 47.2. The van der Waals surface area contributed by atoms with Crippen LogP contribution in [0.3, 0.4) is 0 Å². The zero-order valence-electron chi connectivity index (χ0n) is 41.6. The predicted octanol–water partition coefficient (Wildman–Crippen LogP) is 15.1. The third-order valence-corrected chi connectivity index (χ3v) is 13.1. The van der Waals surface area contributed by atoms with Gasteiger partial charge in [-0.1, -0.05) is 106 Å². The Kier molecular flexibility index (Phi) is 12.9. The molecule has 0 radical (unpaired) electrons. The van der Waals surface area contributed by atoms with Crippen LogP contribution in [-0.2, 0) is 21.7 Å². The highest BCUT2D eigenvalue weighted by Gasteiger charge is 2.35. The van der Waals surface area contributed by atoms with Gasteiger partial charge in [0.25, 0.3) is 0 Å². The lowest BCUT2D eigenvalue weighted by molar-refractivity contribution is 0.248. The minimum Gasteiger partial charge on any atom is -0.507 e. The standard InChI is InChI=1S/C59H70O6/c1-36-23-46-38-27-40(56(3,4)5)31-42(29-38)58(9,10)35-59(11,12)43-30-39(28-41(32-43)57(6,7)8)47-24-37(2)26-51(55(47)63-15)49-34-45(62-14)18-20-53(49)65-22-16-21-64-52-19-17-44(61-13)33-48(52)50(25-36)54(46)60/h17-20,23-34,60H,16,21-22,35H2,1-15H3. The summed E-state index contributed by atoms with van der Waals surface area (Å²) in [6.45, 7) is 28.2. The highest BCUT2D eigenvalue weighted by Crippen LogP contribution is 2.49. The van der Waals surface area contributed by atoms with Gasteiger partial charge in [0.1, 0.15) is 34.5 Å². The lowest BCUT2D eigenvalue weighted by Gasteiger charge is -2.38. The fourth-order valence-electron chi connectivity index (χ4n) is 9.50. The topological polar surface area (TPSA) is 66.4 Å². The molecular formula is C59H70O6. The maximum atomic E-state index is 12.5. The predicted molar refractivity (Wildman–Crippen MR) is 269 cm³/mol. The van der Waals surface area contributed by atoms with Crippen molar-refractivity contribution < 1.29 is 28.8 Å². The molecule has 0 atom stereocenters. The summed E-state index contributed by atoms with van der Waals surface area (Å²) in [5, 5.41) is 12.5. The number of benzene rings is 6. The molecule has 0 unspecified atom stereocenters. The summed E-state index contributed by atoms with van der Waals surface area (Å²) < 4.78 is 31.1. The molecule has 0 amide bonds. The van der Waals surface area contributed by atoms with Crippen molar-refractivity contribution >= 4 is 0 Å². The lowest BCUT2D eigenvalue weighted by Crippen LogP contribution is -2.30. The van der Waals surface area contributed by atoms with E-state index in [1.54, 1.807) is 21.3 Å². The number of ether oxygens (including phenoxy) is 5. The summed E-state index contributed by atoms with van der Waals surface area (Å²) in [5.74, 6) is 3.76. The molecule has 342 valence electrons. The maximum Gasteiger partial charge on any atom is 0.134 e. The number of hydrogen-bond acceptors (Lipinski definition) is 6. The molecule has 0 fully saturated rings. The Morgan fingerprint density at radius 1 is 0.492 bits per heavy atom. The monoisotopic (exact) mass is 875 g/mol. The number of methoxy groups -OCH3 is 3. The Balaban J connectivity index is 1.49. The van der Waals surface area contributed by atoms with Gasteiger partial charge in [-0.05, 0) is 147 Å². The fraction of sp³-hybridized carbons (Fsp3) is 0.390. The first-order chi connectivity index (χ1) is 30.5. The SMILES string of the molecule is COc1ccc2c(c1)-c1cc(C)cc(c1O)-c1cc(C(C)(C)C)cc(c1)C(C)(C)CC(C)(C)c1cc(cc(C(C)(C)C)c1)-c1cc(C)cc(c1OC)-c1cc(OC)ccc1OCCCO2. The van der Waals surface area contributed by atoms with Crippen LogP contribution in [0.2, 0.25) is 0 Å². The maximum absolute atomic E-state index is 12.5. The lowest BCUT2D eigenvalue weighted by atomic mass is 9.66. The highest BCUT2D eigenvalue weighted by molar-refractivity contribution is 5.88. The summed E-state index contributed by atoms with van der Waals surface area (Å²) in [4.78, 5) is 0. The molecule has 8 bridgehead atoms. The van der Waals surface area contributed by atoms with Crippen LogP contribution in [0.5, 0.6) is 34.5 Å². The quantitative estimate of drug-likeness (QED) is 0.191. The molecule has 65 heavy (non-hydrogen) atoms. The van der Waals surface area contributed by atoms with Gasteiger partial charge in [0, 0.05) is 39.8 Å². The molecule has 6 aromatic carbocycles. The van der Waals surface area contributed by atoms with Crippen molar-refractivity contribution in [2.45, 2.75) is 118 Å². The van der Waals surface area contributed by atoms with Gasteiger partial charge in [-0.25, -0.2) is 0 Å². The Morgan fingerprint density at radius 3 is 1.38 bits per heavy atom. The number of aromatic hydroxyl groups is 1. The van der Waals surface area contributed by atoms with Gasteiger partial charge in [0.2, 0.25) is 0 Å². The van der Waals surface area contributed by atoms with Crippen LogP contribution in [0.25, 0.3) is 44.5 Å². The molecule has 0 aliphatic carbocycles. The normalized spacial score (nSPS) is 15.0. The van der Waals surface area contributed by atoms with E-state index in [0.29, 0.717) is 36.7 Å². The van der Waals surface area contributed by atoms with Gasteiger partial charge in [0.05, 0.1) is 34.5 Å². The van der Waals surface area contributed by atoms with Crippen LogP contribution in [0.4, 0.5) is 0 Å². The minimum absolute atomic E-state index is 0.118. The van der Waals surface area contributed by atoms with Crippen LogP contribution in [0, 0.1) is 13.8 Å². The number of hydrogen-bond donors (Lipinski definition) is 1. The molecule has 1 heterocycles. The van der Waals surface area contributed by atoms with Gasteiger partial charge < -0.3 is 28.8 Å². The molecule has 6 nitrogen and oxygen atoms in total. The average molecular weight is 875 g/mol. The van der Waals surface area contributed by atoms with Crippen molar-refractivity contribution in [1.29, 1.82) is 0 Å². The molecule has 6 aromatic rings. The van der Waals surface area contributed by atoms with E-state index in [1.165, 1.54) is 22.3 Å². The van der Waals surface area contributed by atoms with Crippen LogP contribution < -0.4 is 23.7 Å². The fourth-order valence-corrected chi connectivity index (χ4v) is 9.50. The van der Waals surface area contributed by atoms with Crippen molar-refractivity contribution in [2.24, 2.45) is 0 Å². The van der Waals surface area contributed by atoms with Crippen molar-refractivity contribution in [3.8, 4) is 79.0 Å². The molecule has 1 aliphatic rings. The average Bonchev–Trinajstić information content (AvgIpc) is 3.25. The van der Waals surface area contributed by atoms with Crippen molar-refractivity contribution in [2.75, 3.05) is 34.5 Å². The molecule has 0 spiro atoms. The number of fused-ring (bicyclic) bond motifs is 14. The van der Waals surface area contributed by atoms with Crippen LogP contribution in [0.1, 0.15) is 115 Å². The Bertz CT molecular complexity index is 2720. The van der Waals surface area contributed by atoms with Gasteiger partial charge in [-0.15, -0.1) is 0 Å². The highest BCUT2D eigenvalue weighted by atomic mass is 16.5. The molecule has 6 heteroatoms. The second-order valence-electron chi connectivity index (χ2n) is 21.4. The number of aryl methyl sites for hydroxylation is 2. The number of phenolic OH excluding ortho intramolecular Hbond substituents is 1. The summed E-state index contributed by atoms with van der Waals surface area (Å²) in [6, 6.07) is 34.3. The Morgan fingerprint density at radius 2 is 0.923 bits per heavy atom. The second-order valence-corrected chi connectivity index (χ2v) is 21.4. The van der Waals surface area contributed by atoms with Crippen molar-refractivity contribution in [1.82, 2.24) is 0 Å². The van der Waals surface area contributed by atoms with Crippen molar-refractivity contribution in [3.05, 3.63) is 130 Å². The van der Waals surface area contributed by atoms with Gasteiger partial charge in [-0.2, -0.15) is 0 Å². The molecule has 0 saturated heterocycles. The van der Waals surface area contributed by atoms with E-state index in [4.69, 9.17) is 23.7 Å². The first-order valence-corrected chi connectivity index (χ1v) is 23.0. The largest absolute Gasteiger partial charge is 0.507 e. The molecule has 7 rings (SSSR count). The first kappa shape index (κ1) is 47.1. The van der Waals surface area contributed by atoms with E-state index in [9.17, 15) is 5.11 Å². The Hall–Kier alpha value is -5.88. The molecular weight excluding hydrogens is 805 g/mol. The van der Waals surface area contributed by atoms with E-state index in [0.717, 1.165) is 73.7 Å². The molecule has 1 N–H and O–H groups in total. The third kappa shape index (κ3) is 9.88. The summed E-state index contributed by atoms with van der Waals surface area (Å²) in [7, 11) is 5.10. The van der Waals surface area contributed by atoms with Crippen LogP contribution in [-0.4, -0.2) is 39.6 Å². The third-order valence-electron chi connectivity index (χ3n) is 13.1. The van der Waals surface area contributed by atoms with E-state index in [2.05, 4.69) is 138 Å². The summed E-state index contributed by atoms with van der Waals surface area (Å²) in [5.41, 5.74) is 13.5. The van der Waals surface area contributed by atoms with E-state index < -0.39 is 0 Å². The van der Waals surface area contributed by atoms with Gasteiger partial charge >= 0.3 is 0 Å². The Labute approximate surface area is 388 Å². The molecule has 0 saturated carbocycles. The number of phenols is 1. The van der Waals surface area contributed by atoms with Gasteiger partial charge in [0.15, 0.2) is 0 Å². The first-order valence-electron chi connectivity index (χ1n) is 23.0. The second kappa shape index (κ2) is 17.8. The summed E-state index contributed by atoms with van der Waals surface area (Å²) >= 11 is 0. The minimum atomic E-state index is -0.280. The number of rotatable bonds is 3. The van der Waals surface area contributed by atoms with E-state index in [1.807, 2.05) is 42.5 Å². The summed E-state index contributed by atoms with van der Waals surface area (Å²) in [6.07, 6.45) is 1.46. The molecule has 1 aliphatic heterocycles. The van der Waals surface area contributed by atoms with Crippen LogP contribution in [0.15, 0.2) is 97.1 Å². The molecule has 0 aromatic heterocycles. The van der Waals surface area contributed by atoms with E-state index >= 15 is 0 Å². The van der Waals surface area contributed by atoms with Crippen LogP contribution >= 0.6 is 0 Å². The van der Waals surface area contributed by atoms with Gasteiger partial charge in [-0.3, -0.25) is 0 Å². The smallest absolute Gasteiger partial charge is 0.134 e.